The first-order valence-corrected chi connectivity index (χ1v) is 8.99. The quantitative estimate of drug-likeness (QED) is 0.697. The summed E-state index contributed by atoms with van der Waals surface area (Å²) in [4.78, 5) is 18.9. The molecule has 1 amide bonds. The van der Waals surface area contributed by atoms with Gasteiger partial charge in [-0.2, -0.15) is 0 Å². The highest BCUT2D eigenvalue weighted by Gasteiger charge is 2.24. The number of hydrogen-bond donors (Lipinski definition) is 0. The van der Waals surface area contributed by atoms with Gasteiger partial charge in [0, 0.05) is 36.9 Å². The number of aromatic nitrogens is 2. The highest BCUT2D eigenvalue weighted by Crippen LogP contribution is 2.34. The molecule has 1 aromatic carbocycles. The van der Waals surface area contributed by atoms with Gasteiger partial charge in [0.25, 0.3) is 5.91 Å². The molecule has 6 nitrogen and oxygen atoms in total. The summed E-state index contributed by atoms with van der Waals surface area (Å²) in [5.41, 5.74) is 2.20. The van der Waals surface area contributed by atoms with E-state index in [0.29, 0.717) is 37.2 Å². The summed E-state index contributed by atoms with van der Waals surface area (Å²) in [6.07, 6.45) is 3.52. The van der Waals surface area contributed by atoms with Crippen LogP contribution in [0.15, 0.2) is 42.7 Å². The Kier molecular flexibility index (Phi) is 3.74. The Bertz CT molecular complexity index is 1020. The van der Waals surface area contributed by atoms with E-state index in [4.69, 9.17) is 9.47 Å². The lowest BCUT2D eigenvalue weighted by atomic mass is 10.1. The zero-order chi connectivity index (χ0) is 18.4. The van der Waals surface area contributed by atoms with Gasteiger partial charge in [-0.3, -0.25) is 4.79 Å². The molecule has 3 aromatic rings. The maximum Gasteiger partial charge on any atom is 0.255 e. The minimum atomic E-state index is -0.801. The van der Waals surface area contributed by atoms with E-state index in [2.05, 4.69) is 4.98 Å². The van der Waals surface area contributed by atoms with Crippen LogP contribution in [0.3, 0.4) is 0 Å². The molecule has 5 rings (SSSR count). The van der Waals surface area contributed by atoms with Crippen molar-refractivity contribution in [2.45, 2.75) is 19.0 Å². The third-order valence-electron chi connectivity index (χ3n) is 5.12. The van der Waals surface area contributed by atoms with Crippen molar-refractivity contribution in [3.8, 4) is 17.2 Å². The number of halogens is 1. The number of fused-ring (bicyclic) bond motifs is 2. The van der Waals surface area contributed by atoms with E-state index >= 15 is 0 Å². The van der Waals surface area contributed by atoms with Gasteiger partial charge in [-0.1, -0.05) is 0 Å². The van der Waals surface area contributed by atoms with Crippen molar-refractivity contribution in [2.75, 3.05) is 19.9 Å². The molecule has 0 unspecified atom stereocenters. The standard InChI is InChI=1S/C20H18FN3O3/c21-15-4-6-23(7-5-15)20(25)14-9-13-3-8-24(19(13)22-11-14)16-1-2-17-18(10-16)27-12-26-17/h1-3,8-11,15H,4-7,12H2. The first kappa shape index (κ1) is 16.1. The topological polar surface area (TPSA) is 56.6 Å². The summed E-state index contributed by atoms with van der Waals surface area (Å²) < 4.78 is 26.0. The van der Waals surface area contributed by atoms with Crippen LogP contribution >= 0.6 is 0 Å². The van der Waals surface area contributed by atoms with E-state index in [1.807, 2.05) is 41.1 Å². The van der Waals surface area contributed by atoms with Crippen LogP contribution in [0.1, 0.15) is 23.2 Å². The minimum absolute atomic E-state index is 0.0906. The van der Waals surface area contributed by atoms with Crippen molar-refractivity contribution >= 4 is 16.9 Å². The van der Waals surface area contributed by atoms with E-state index in [-0.39, 0.29) is 12.7 Å². The third-order valence-corrected chi connectivity index (χ3v) is 5.12. The van der Waals surface area contributed by atoms with Crippen LogP contribution in [0.25, 0.3) is 16.7 Å². The Labute approximate surface area is 155 Å². The van der Waals surface area contributed by atoms with Crippen LogP contribution in [-0.2, 0) is 0 Å². The molecule has 0 aliphatic carbocycles. The molecule has 0 N–H and O–H groups in total. The van der Waals surface area contributed by atoms with Gasteiger partial charge >= 0.3 is 0 Å². The molecule has 1 saturated heterocycles. The summed E-state index contributed by atoms with van der Waals surface area (Å²) in [5.74, 6) is 1.35. The predicted molar refractivity (Wildman–Crippen MR) is 97.2 cm³/mol. The van der Waals surface area contributed by atoms with E-state index in [1.165, 1.54) is 0 Å². The molecule has 2 aliphatic heterocycles. The number of alkyl halides is 1. The van der Waals surface area contributed by atoms with Crippen molar-refractivity contribution < 1.29 is 18.7 Å². The molecule has 0 radical (unpaired) electrons. The van der Waals surface area contributed by atoms with Gasteiger partial charge in [0.05, 0.1) is 11.3 Å². The van der Waals surface area contributed by atoms with Crippen molar-refractivity contribution in [3.05, 3.63) is 48.3 Å². The van der Waals surface area contributed by atoms with Gasteiger partial charge < -0.3 is 18.9 Å². The average Bonchev–Trinajstić information content (AvgIpc) is 3.33. The van der Waals surface area contributed by atoms with Crippen LogP contribution in [0.5, 0.6) is 11.5 Å². The van der Waals surface area contributed by atoms with Crippen LogP contribution in [-0.4, -0.2) is 46.4 Å². The molecule has 4 heterocycles. The van der Waals surface area contributed by atoms with E-state index in [9.17, 15) is 9.18 Å². The summed E-state index contributed by atoms with van der Waals surface area (Å²) >= 11 is 0. The second-order valence-electron chi connectivity index (χ2n) is 6.83. The number of piperidine rings is 1. The third kappa shape index (κ3) is 2.79. The molecule has 0 bridgehead atoms. The first-order valence-electron chi connectivity index (χ1n) is 8.99. The molecule has 0 saturated carbocycles. The molecular formula is C20H18FN3O3. The molecule has 27 heavy (non-hydrogen) atoms. The molecule has 7 heteroatoms. The van der Waals surface area contributed by atoms with Gasteiger partial charge in [0.15, 0.2) is 11.5 Å². The van der Waals surface area contributed by atoms with Crippen LogP contribution in [0.2, 0.25) is 0 Å². The average molecular weight is 367 g/mol. The van der Waals surface area contributed by atoms with E-state index < -0.39 is 6.17 Å². The zero-order valence-electron chi connectivity index (χ0n) is 14.6. The van der Waals surface area contributed by atoms with Gasteiger partial charge in [0.2, 0.25) is 6.79 Å². The van der Waals surface area contributed by atoms with Crippen molar-refractivity contribution in [3.63, 3.8) is 0 Å². The Morgan fingerprint density at radius 1 is 1.11 bits per heavy atom. The van der Waals surface area contributed by atoms with Crippen molar-refractivity contribution in [2.24, 2.45) is 0 Å². The number of likely N-dealkylation sites (tertiary alicyclic amines) is 1. The summed E-state index contributed by atoms with van der Waals surface area (Å²) in [6, 6.07) is 9.49. The summed E-state index contributed by atoms with van der Waals surface area (Å²) in [6.45, 7) is 1.14. The number of carbonyl (C=O) groups excluding carboxylic acids is 1. The highest BCUT2D eigenvalue weighted by molar-refractivity contribution is 5.97. The Morgan fingerprint density at radius 3 is 2.78 bits per heavy atom. The molecule has 138 valence electrons. The van der Waals surface area contributed by atoms with Gasteiger partial charge in [0.1, 0.15) is 11.8 Å². The molecule has 1 fully saturated rings. The largest absolute Gasteiger partial charge is 0.454 e. The van der Waals surface area contributed by atoms with Crippen LogP contribution in [0.4, 0.5) is 4.39 Å². The lowest BCUT2D eigenvalue weighted by molar-refractivity contribution is 0.0666. The maximum absolute atomic E-state index is 13.3. The molecule has 2 aromatic heterocycles. The molecule has 0 spiro atoms. The van der Waals surface area contributed by atoms with Gasteiger partial charge in [-0.25, -0.2) is 9.37 Å². The molecule has 0 atom stereocenters. The Morgan fingerprint density at radius 2 is 1.93 bits per heavy atom. The number of amides is 1. The fourth-order valence-corrected chi connectivity index (χ4v) is 3.62. The lowest BCUT2D eigenvalue weighted by Gasteiger charge is -2.28. The fraction of sp³-hybridized carbons (Fsp3) is 0.300. The minimum Gasteiger partial charge on any atom is -0.454 e. The number of ether oxygens (including phenoxy) is 2. The van der Waals surface area contributed by atoms with Crippen molar-refractivity contribution in [1.29, 1.82) is 0 Å². The zero-order valence-corrected chi connectivity index (χ0v) is 14.6. The predicted octanol–water partition coefficient (Wildman–Crippen LogP) is 3.33. The summed E-state index contributed by atoms with van der Waals surface area (Å²) in [7, 11) is 0. The van der Waals surface area contributed by atoms with Gasteiger partial charge in [-0.15, -0.1) is 0 Å². The van der Waals surface area contributed by atoms with Gasteiger partial charge in [-0.05, 0) is 37.1 Å². The number of benzene rings is 1. The first-order chi connectivity index (χ1) is 13.2. The Balaban J connectivity index is 1.45. The van der Waals surface area contributed by atoms with E-state index in [0.717, 1.165) is 22.5 Å². The molecule has 2 aliphatic rings. The fourth-order valence-electron chi connectivity index (χ4n) is 3.62. The number of pyridine rings is 1. The van der Waals surface area contributed by atoms with E-state index in [1.54, 1.807) is 11.1 Å². The normalized spacial score (nSPS) is 16.9. The SMILES string of the molecule is O=C(c1cnc2c(ccn2-c2ccc3c(c2)OCO3)c1)N1CCC(F)CC1. The number of hydrogen-bond acceptors (Lipinski definition) is 4. The van der Waals surface area contributed by atoms with Crippen LogP contribution in [0, 0.1) is 0 Å². The number of rotatable bonds is 2. The van der Waals surface area contributed by atoms with Crippen molar-refractivity contribution in [1.82, 2.24) is 14.5 Å². The second-order valence-corrected chi connectivity index (χ2v) is 6.83. The number of carbonyl (C=O) groups is 1. The molecular weight excluding hydrogens is 349 g/mol. The Hall–Kier alpha value is -3.09. The summed E-state index contributed by atoms with van der Waals surface area (Å²) in [5, 5.41) is 0.874. The van der Waals surface area contributed by atoms with Crippen LogP contribution < -0.4 is 9.47 Å². The maximum atomic E-state index is 13.3. The second kappa shape index (κ2) is 6.26. The number of nitrogens with zero attached hydrogens (tertiary/aromatic N) is 3. The lowest BCUT2D eigenvalue weighted by Crippen LogP contribution is -2.39. The monoisotopic (exact) mass is 367 g/mol. The smallest absolute Gasteiger partial charge is 0.255 e. The highest BCUT2D eigenvalue weighted by atomic mass is 19.1.